The smallest absolute Gasteiger partial charge is 0.279 e. The van der Waals surface area contributed by atoms with Crippen LogP contribution in [0.4, 0.5) is 0 Å². The lowest BCUT2D eigenvalue weighted by Gasteiger charge is -2.25. The molecule has 1 aromatic carbocycles. The monoisotopic (exact) mass is 469 g/mol. The summed E-state index contributed by atoms with van der Waals surface area (Å²) in [5.41, 5.74) is 6.41. The molecule has 0 fully saturated rings. The fourth-order valence-corrected chi connectivity index (χ4v) is 4.00. The molecular weight excluding hydrogens is 434 g/mol. The summed E-state index contributed by atoms with van der Waals surface area (Å²) in [5, 5.41) is 0. The summed E-state index contributed by atoms with van der Waals surface area (Å²) in [6, 6.07) is 7.35. The number of carbonyl (C=O) groups excluding carboxylic acids is 1. The third-order valence-electron chi connectivity index (χ3n) is 5.78. The average Bonchev–Trinajstić information content (AvgIpc) is 3.25. The molecule has 1 amide bonds. The summed E-state index contributed by atoms with van der Waals surface area (Å²) in [7, 11) is 0. The zero-order valence-corrected chi connectivity index (χ0v) is 20.3. The molecule has 3 N–H and O–H groups in total. The van der Waals surface area contributed by atoms with Crippen LogP contribution in [0.1, 0.15) is 65.3 Å². The molecule has 0 saturated heterocycles. The van der Waals surface area contributed by atoms with Crippen LogP contribution < -0.4 is 16.0 Å². The van der Waals surface area contributed by atoms with Crippen LogP contribution in [-0.4, -0.2) is 44.7 Å². The number of hydrogen-bond donors (Lipinski definition) is 2. The number of imidazole rings is 1. The summed E-state index contributed by atoms with van der Waals surface area (Å²) < 4.78 is 13.5. The second kappa shape index (κ2) is 12.3. The Morgan fingerprint density at radius 2 is 1.97 bits per heavy atom. The van der Waals surface area contributed by atoms with Gasteiger partial charge in [-0.25, -0.2) is 9.97 Å². The summed E-state index contributed by atoms with van der Waals surface area (Å²) in [6.45, 7) is 6.51. The van der Waals surface area contributed by atoms with Gasteiger partial charge in [-0.15, -0.1) is 0 Å². The highest BCUT2D eigenvalue weighted by molar-refractivity contribution is 5.75. The van der Waals surface area contributed by atoms with Crippen LogP contribution in [0, 0.1) is 0 Å². The number of H-pyrrole nitrogens is 1. The van der Waals surface area contributed by atoms with Crippen LogP contribution in [0.25, 0.3) is 22.6 Å². The largest absolute Gasteiger partial charge is 0.493 e. The zero-order valence-electron chi connectivity index (χ0n) is 20.3. The molecule has 2 aromatic heterocycles. The first-order chi connectivity index (χ1) is 16.5. The third-order valence-corrected chi connectivity index (χ3v) is 5.78. The quantitative estimate of drug-likeness (QED) is 0.344. The molecule has 0 spiro atoms. The number of primary amides is 1. The highest BCUT2D eigenvalue weighted by Gasteiger charge is 2.24. The molecule has 0 aliphatic rings. The van der Waals surface area contributed by atoms with Crippen LogP contribution in [-0.2, 0) is 9.53 Å². The molecule has 9 heteroatoms. The Labute approximate surface area is 199 Å². The number of nitrogens with two attached hydrogens (primary N) is 1. The fourth-order valence-electron chi connectivity index (χ4n) is 4.00. The van der Waals surface area contributed by atoms with E-state index in [9.17, 15) is 9.59 Å². The highest BCUT2D eigenvalue weighted by atomic mass is 16.5. The molecule has 2 unspecified atom stereocenters. The number of carbonyl (C=O) groups is 1. The number of aromatic amines is 1. The molecular formula is C25H35N5O4. The fraction of sp³-hybridized carbons (Fsp3) is 0.520. The van der Waals surface area contributed by atoms with E-state index in [0.717, 1.165) is 38.5 Å². The first-order valence-corrected chi connectivity index (χ1v) is 12.0. The Hall–Kier alpha value is -3.20. The van der Waals surface area contributed by atoms with Gasteiger partial charge in [0.2, 0.25) is 5.91 Å². The molecule has 184 valence electrons. The Balaban J connectivity index is 2.02. The number of rotatable bonds is 14. The van der Waals surface area contributed by atoms with Gasteiger partial charge in [0.25, 0.3) is 5.56 Å². The second-order valence-electron chi connectivity index (χ2n) is 8.48. The van der Waals surface area contributed by atoms with Crippen molar-refractivity contribution in [1.29, 1.82) is 0 Å². The van der Waals surface area contributed by atoms with E-state index in [1.807, 2.05) is 42.7 Å². The van der Waals surface area contributed by atoms with Crippen molar-refractivity contribution in [2.24, 2.45) is 5.73 Å². The van der Waals surface area contributed by atoms with Gasteiger partial charge in [-0.2, -0.15) is 0 Å². The molecule has 34 heavy (non-hydrogen) atoms. The predicted octanol–water partition coefficient (Wildman–Crippen LogP) is 3.98. The van der Waals surface area contributed by atoms with Gasteiger partial charge < -0.3 is 24.8 Å². The molecule has 3 aromatic rings. The number of fused-ring (bicyclic) bond motifs is 1. The zero-order chi connectivity index (χ0) is 24.5. The topological polar surface area (TPSA) is 125 Å². The lowest BCUT2D eigenvalue weighted by molar-refractivity contribution is -0.125. The molecule has 2 heterocycles. The molecule has 9 nitrogen and oxygen atoms in total. The van der Waals surface area contributed by atoms with Crippen molar-refractivity contribution in [3.8, 4) is 17.1 Å². The van der Waals surface area contributed by atoms with Gasteiger partial charge in [-0.1, -0.05) is 51.7 Å². The summed E-state index contributed by atoms with van der Waals surface area (Å²) >= 11 is 0. The van der Waals surface area contributed by atoms with E-state index in [1.165, 1.54) is 0 Å². The molecule has 0 bridgehead atoms. The van der Waals surface area contributed by atoms with E-state index in [1.54, 1.807) is 6.33 Å². The maximum absolute atomic E-state index is 12.9. The van der Waals surface area contributed by atoms with Crippen molar-refractivity contribution in [3.05, 3.63) is 40.9 Å². The van der Waals surface area contributed by atoms with Gasteiger partial charge in [-0.05, 0) is 31.9 Å². The predicted molar refractivity (Wildman–Crippen MR) is 132 cm³/mol. The van der Waals surface area contributed by atoms with Crippen LogP contribution in [0.15, 0.2) is 35.4 Å². The molecule has 0 radical (unpaired) electrons. The number of aromatic nitrogens is 4. The number of benzene rings is 1. The number of amides is 1. The molecule has 0 aliphatic carbocycles. The maximum Gasteiger partial charge on any atom is 0.279 e. The van der Waals surface area contributed by atoms with Gasteiger partial charge >= 0.3 is 0 Å². The molecule has 0 aliphatic heterocycles. The van der Waals surface area contributed by atoms with E-state index in [0.29, 0.717) is 29.4 Å². The average molecular weight is 470 g/mol. The number of nitrogens with zero attached hydrogens (tertiary/aromatic N) is 3. The second-order valence-corrected chi connectivity index (χ2v) is 8.48. The Morgan fingerprint density at radius 1 is 1.18 bits per heavy atom. The Kier molecular flexibility index (Phi) is 9.21. The number of para-hydroxylation sites is 1. The first kappa shape index (κ1) is 25.4. The van der Waals surface area contributed by atoms with Crippen LogP contribution in [0.2, 0.25) is 0 Å². The third kappa shape index (κ3) is 6.22. The van der Waals surface area contributed by atoms with Crippen LogP contribution in [0.3, 0.4) is 0 Å². The van der Waals surface area contributed by atoms with Crippen molar-refractivity contribution < 1.29 is 14.3 Å². The van der Waals surface area contributed by atoms with Gasteiger partial charge in [0, 0.05) is 0 Å². The summed E-state index contributed by atoms with van der Waals surface area (Å²) in [5.74, 6) is 0.557. The minimum Gasteiger partial charge on any atom is -0.493 e. The molecule has 0 saturated carbocycles. The summed E-state index contributed by atoms with van der Waals surface area (Å²) in [6.07, 6.45) is 7.31. The highest BCUT2D eigenvalue weighted by Crippen LogP contribution is 2.29. The number of ether oxygens (including phenoxy) is 2. The van der Waals surface area contributed by atoms with Crippen LogP contribution in [0.5, 0.6) is 5.75 Å². The lowest BCUT2D eigenvalue weighted by atomic mass is 10.0. The van der Waals surface area contributed by atoms with Crippen molar-refractivity contribution in [2.45, 2.75) is 71.4 Å². The van der Waals surface area contributed by atoms with E-state index in [-0.39, 0.29) is 29.8 Å². The molecule has 2 atom stereocenters. The maximum atomic E-state index is 12.9. The summed E-state index contributed by atoms with van der Waals surface area (Å²) in [4.78, 5) is 36.2. The first-order valence-electron chi connectivity index (χ1n) is 12.0. The van der Waals surface area contributed by atoms with Gasteiger partial charge in [0.1, 0.15) is 18.2 Å². The van der Waals surface area contributed by atoms with Crippen molar-refractivity contribution >= 4 is 17.1 Å². The Morgan fingerprint density at radius 3 is 2.71 bits per heavy atom. The minimum absolute atomic E-state index is 0.157. The number of unbranched alkanes of at least 4 members (excludes halogenated alkanes) is 3. The van der Waals surface area contributed by atoms with Crippen molar-refractivity contribution in [2.75, 3.05) is 13.2 Å². The minimum atomic E-state index is -0.521. The number of nitrogens with one attached hydrogen (secondary N) is 1. The van der Waals surface area contributed by atoms with Crippen LogP contribution >= 0.6 is 0 Å². The normalized spacial score (nSPS) is 13.1. The SMILES string of the molecule is CCCCCCC(C(C)OCC(N)=O)n1cnc2c(=O)[nH]c(-c3ccccc3OCCC)nc21. The standard InChI is InChI=1S/C25H35N5O4/c1-4-6-7-8-12-19(17(3)34-15-21(26)31)30-16-27-22-24(30)28-23(29-25(22)32)18-11-9-10-13-20(18)33-14-5-2/h9-11,13,16-17,19H,4-8,12,14-15H2,1-3H3,(H2,26,31)(H,28,29,32). The van der Waals surface area contributed by atoms with Gasteiger partial charge in [0.05, 0.1) is 30.6 Å². The molecule has 3 rings (SSSR count). The lowest BCUT2D eigenvalue weighted by Crippen LogP contribution is -2.29. The van der Waals surface area contributed by atoms with Crippen molar-refractivity contribution in [3.63, 3.8) is 0 Å². The number of hydrogen-bond acceptors (Lipinski definition) is 6. The van der Waals surface area contributed by atoms with E-state index in [4.69, 9.17) is 20.2 Å². The Bertz CT molecular complexity index is 1140. The van der Waals surface area contributed by atoms with Crippen molar-refractivity contribution in [1.82, 2.24) is 19.5 Å². The van der Waals surface area contributed by atoms with E-state index in [2.05, 4.69) is 16.9 Å². The van der Waals surface area contributed by atoms with E-state index < -0.39 is 5.91 Å². The van der Waals surface area contributed by atoms with E-state index >= 15 is 0 Å². The van der Waals surface area contributed by atoms with Gasteiger partial charge in [0.15, 0.2) is 11.2 Å². The van der Waals surface area contributed by atoms with Gasteiger partial charge in [-0.3, -0.25) is 9.59 Å².